The van der Waals surface area contributed by atoms with E-state index in [-0.39, 0.29) is 53.4 Å². The molecule has 0 N–H and O–H groups in total. The molecular weight excluding hydrogens is 320 g/mol. The SMILES string of the molecule is CC[C@@H](C)C(=O)O[C@H]1[C@@H]2[C@H](C)C(=O)O[C@@H]2C[C@@H](C)[C@@H]2C=CC(=O)[C@]21C. The predicted molar refractivity (Wildman–Crippen MR) is 91.4 cm³/mol. The zero-order valence-electron chi connectivity index (χ0n) is 15.7. The third-order valence-electron chi connectivity index (χ3n) is 6.74. The predicted octanol–water partition coefficient (Wildman–Crippen LogP) is 2.92. The van der Waals surface area contributed by atoms with E-state index in [0.29, 0.717) is 12.8 Å². The van der Waals surface area contributed by atoms with Crippen molar-refractivity contribution >= 4 is 17.7 Å². The van der Waals surface area contributed by atoms with Gasteiger partial charge in [0.2, 0.25) is 0 Å². The van der Waals surface area contributed by atoms with Crippen LogP contribution in [0.2, 0.25) is 0 Å². The van der Waals surface area contributed by atoms with Crippen LogP contribution in [0.3, 0.4) is 0 Å². The second kappa shape index (κ2) is 6.26. The van der Waals surface area contributed by atoms with Gasteiger partial charge in [0, 0.05) is 5.92 Å². The van der Waals surface area contributed by atoms with Gasteiger partial charge in [0.05, 0.1) is 17.3 Å². The van der Waals surface area contributed by atoms with Crippen LogP contribution in [-0.4, -0.2) is 29.9 Å². The van der Waals surface area contributed by atoms with Gasteiger partial charge in [0.15, 0.2) is 5.78 Å². The fraction of sp³-hybridized carbons (Fsp3) is 0.750. The summed E-state index contributed by atoms with van der Waals surface area (Å²) in [5, 5.41) is 0. The normalized spacial score (nSPS) is 43.9. The number of esters is 2. The van der Waals surface area contributed by atoms with Crippen molar-refractivity contribution in [3.8, 4) is 0 Å². The van der Waals surface area contributed by atoms with E-state index in [9.17, 15) is 14.4 Å². The van der Waals surface area contributed by atoms with Gasteiger partial charge in [0.25, 0.3) is 0 Å². The maximum absolute atomic E-state index is 12.8. The Kier molecular flexibility index (Phi) is 4.54. The van der Waals surface area contributed by atoms with Crippen molar-refractivity contribution in [2.45, 2.75) is 59.7 Å². The van der Waals surface area contributed by atoms with Gasteiger partial charge in [-0.1, -0.05) is 33.8 Å². The summed E-state index contributed by atoms with van der Waals surface area (Å²) in [5.74, 6) is -1.30. The Labute approximate surface area is 149 Å². The second-order valence-corrected chi connectivity index (χ2v) is 8.25. The molecule has 2 fully saturated rings. The molecule has 0 spiro atoms. The Balaban J connectivity index is 2.04. The van der Waals surface area contributed by atoms with Gasteiger partial charge in [-0.15, -0.1) is 0 Å². The van der Waals surface area contributed by atoms with Crippen LogP contribution in [0, 0.1) is 35.0 Å². The topological polar surface area (TPSA) is 69.7 Å². The van der Waals surface area contributed by atoms with Crippen molar-refractivity contribution in [1.82, 2.24) is 0 Å². The van der Waals surface area contributed by atoms with E-state index < -0.39 is 11.5 Å². The highest BCUT2D eigenvalue weighted by molar-refractivity contribution is 5.98. The first-order valence-corrected chi connectivity index (χ1v) is 9.35. The highest BCUT2D eigenvalue weighted by atomic mass is 16.6. The first-order chi connectivity index (χ1) is 11.7. The lowest BCUT2D eigenvalue weighted by Crippen LogP contribution is -2.50. The summed E-state index contributed by atoms with van der Waals surface area (Å²) in [7, 11) is 0. The van der Waals surface area contributed by atoms with E-state index in [0.717, 1.165) is 0 Å². The summed E-state index contributed by atoms with van der Waals surface area (Å²) in [5.41, 5.74) is -0.829. The number of ketones is 1. The fourth-order valence-electron chi connectivity index (χ4n) is 4.84. The molecule has 1 saturated heterocycles. The summed E-state index contributed by atoms with van der Waals surface area (Å²) in [4.78, 5) is 37.6. The van der Waals surface area contributed by atoms with Gasteiger partial charge in [-0.25, -0.2) is 0 Å². The molecule has 8 atom stereocenters. The van der Waals surface area contributed by atoms with Crippen molar-refractivity contribution < 1.29 is 23.9 Å². The van der Waals surface area contributed by atoms with Crippen molar-refractivity contribution in [2.24, 2.45) is 35.0 Å². The molecule has 138 valence electrons. The molecule has 0 amide bonds. The smallest absolute Gasteiger partial charge is 0.309 e. The molecule has 0 aromatic heterocycles. The van der Waals surface area contributed by atoms with Crippen LogP contribution < -0.4 is 0 Å². The molecule has 1 aliphatic heterocycles. The summed E-state index contributed by atoms with van der Waals surface area (Å²) in [6.07, 6.45) is 4.00. The van der Waals surface area contributed by atoms with E-state index in [1.165, 1.54) is 0 Å². The maximum Gasteiger partial charge on any atom is 0.309 e. The molecule has 1 saturated carbocycles. The number of hydrogen-bond acceptors (Lipinski definition) is 5. The zero-order valence-corrected chi connectivity index (χ0v) is 15.7. The third kappa shape index (κ3) is 2.63. The molecule has 0 bridgehead atoms. The van der Waals surface area contributed by atoms with E-state index in [1.54, 1.807) is 6.08 Å². The Morgan fingerprint density at radius 1 is 1.40 bits per heavy atom. The van der Waals surface area contributed by atoms with Crippen LogP contribution in [0.15, 0.2) is 12.2 Å². The Bertz CT molecular complexity index is 624. The summed E-state index contributed by atoms with van der Waals surface area (Å²) >= 11 is 0. The Hall–Kier alpha value is -1.65. The van der Waals surface area contributed by atoms with Crippen molar-refractivity contribution in [3.63, 3.8) is 0 Å². The molecule has 1 heterocycles. The minimum absolute atomic E-state index is 0.00812. The number of allylic oxidation sites excluding steroid dienone is 2. The van der Waals surface area contributed by atoms with Crippen molar-refractivity contribution in [1.29, 1.82) is 0 Å². The number of fused-ring (bicyclic) bond motifs is 2. The van der Waals surface area contributed by atoms with Crippen LogP contribution in [0.5, 0.6) is 0 Å². The summed E-state index contributed by atoms with van der Waals surface area (Å²) in [6, 6.07) is 0. The Morgan fingerprint density at radius 2 is 2.08 bits per heavy atom. The number of carbonyl (C=O) groups excluding carboxylic acids is 3. The molecule has 2 aliphatic carbocycles. The van der Waals surface area contributed by atoms with Crippen LogP contribution in [0.4, 0.5) is 0 Å². The quantitative estimate of drug-likeness (QED) is 0.734. The second-order valence-electron chi connectivity index (χ2n) is 8.25. The molecule has 0 aromatic rings. The standard InChI is InChI=1S/C20H28O5/c1-6-10(2)18(22)25-17-16-12(4)19(23)24-14(16)9-11(3)13-7-8-15(21)20(13,17)5/h7-8,10-14,16-17H,6,9H2,1-5H3/t10-,11-,12+,13+,14-,16-,17+,20+/m1/s1. The molecule has 3 aliphatic rings. The highest BCUT2D eigenvalue weighted by Gasteiger charge is 2.62. The van der Waals surface area contributed by atoms with Crippen LogP contribution in [0.25, 0.3) is 0 Å². The van der Waals surface area contributed by atoms with Crippen LogP contribution >= 0.6 is 0 Å². The number of carbonyl (C=O) groups is 3. The van der Waals surface area contributed by atoms with Gasteiger partial charge < -0.3 is 9.47 Å². The molecule has 5 heteroatoms. The van der Waals surface area contributed by atoms with E-state index in [4.69, 9.17) is 9.47 Å². The lowest BCUT2D eigenvalue weighted by molar-refractivity contribution is -0.171. The van der Waals surface area contributed by atoms with E-state index in [1.807, 2.05) is 33.8 Å². The van der Waals surface area contributed by atoms with Gasteiger partial charge in [-0.2, -0.15) is 0 Å². The maximum atomic E-state index is 12.8. The molecule has 0 aromatic carbocycles. The van der Waals surface area contributed by atoms with E-state index in [2.05, 4.69) is 6.92 Å². The van der Waals surface area contributed by atoms with Gasteiger partial charge in [-0.05, 0) is 37.7 Å². The minimum Gasteiger partial charge on any atom is -0.462 e. The molecule has 25 heavy (non-hydrogen) atoms. The first-order valence-electron chi connectivity index (χ1n) is 9.35. The average molecular weight is 348 g/mol. The summed E-state index contributed by atoms with van der Waals surface area (Å²) in [6.45, 7) is 9.55. The van der Waals surface area contributed by atoms with Gasteiger partial charge in [0.1, 0.15) is 12.2 Å². The van der Waals surface area contributed by atoms with E-state index >= 15 is 0 Å². The molecule has 0 radical (unpaired) electrons. The van der Waals surface area contributed by atoms with Crippen molar-refractivity contribution in [2.75, 3.05) is 0 Å². The largest absolute Gasteiger partial charge is 0.462 e. The van der Waals surface area contributed by atoms with Crippen LogP contribution in [0.1, 0.15) is 47.5 Å². The molecule has 3 rings (SSSR count). The van der Waals surface area contributed by atoms with Gasteiger partial charge >= 0.3 is 11.9 Å². The average Bonchev–Trinajstić information content (AvgIpc) is 2.99. The molecule has 5 nitrogen and oxygen atoms in total. The minimum atomic E-state index is -0.829. The monoisotopic (exact) mass is 348 g/mol. The van der Waals surface area contributed by atoms with Crippen molar-refractivity contribution in [3.05, 3.63) is 12.2 Å². The fourth-order valence-corrected chi connectivity index (χ4v) is 4.84. The number of ether oxygens (including phenoxy) is 2. The lowest BCUT2D eigenvalue weighted by Gasteiger charge is -2.40. The van der Waals surface area contributed by atoms with Crippen LogP contribution in [-0.2, 0) is 23.9 Å². The third-order valence-corrected chi connectivity index (χ3v) is 6.74. The number of hydrogen-bond donors (Lipinski definition) is 0. The highest BCUT2D eigenvalue weighted by Crippen LogP contribution is 2.54. The zero-order chi connectivity index (χ0) is 18.5. The lowest BCUT2D eigenvalue weighted by atomic mass is 9.66. The number of rotatable bonds is 3. The summed E-state index contributed by atoms with van der Waals surface area (Å²) < 4.78 is 11.6. The molecule has 0 unspecified atom stereocenters. The van der Waals surface area contributed by atoms with Gasteiger partial charge in [-0.3, -0.25) is 14.4 Å². The molecular formula is C20H28O5. The first kappa shape index (κ1) is 18.2. The Morgan fingerprint density at radius 3 is 2.72 bits per heavy atom.